The molecule has 0 aliphatic rings. The van der Waals surface area contributed by atoms with E-state index in [-0.39, 0.29) is 0 Å². The largest absolute Gasteiger partial charge is 0.195 e. The highest BCUT2D eigenvalue weighted by atomic mass is 79.9. The molecular formula is C2HBrClF. The number of hydrogen-bond acceptors (Lipinski definition) is 0. The van der Waals surface area contributed by atoms with Gasteiger partial charge in [-0.05, 0) is 0 Å². The van der Waals surface area contributed by atoms with Gasteiger partial charge < -0.3 is 0 Å². The van der Waals surface area contributed by atoms with Crippen LogP contribution in [-0.4, -0.2) is 0 Å². The van der Waals surface area contributed by atoms with Crippen molar-refractivity contribution in [1.82, 2.24) is 0 Å². The summed E-state index contributed by atoms with van der Waals surface area (Å²) in [7, 11) is 0. The van der Waals surface area contributed by atoms with Gasteiger partial charge in [0.15, 0.2) is 5.29 Å². The SMILES string of the molecule is F/C(Cl)=C\Br. The molecule has 0 radical (unpaired) electrons. The second kappa shape index (κ2) is 2.67. The molecule has 0 saturated heterocycles. The monoisotopic (exact) mass is 158 g/mol. The summed E-state index contributed by atoms with van der Waals surface area (Å²) >= 11 is 7.25. The third kappa shape index (κ3) is 4.44. The first-order valence-electron chi connectivity index (χ1n) is 0.885. The molecule has 0 fully saturated rings. The first-order valence-corrected chi connectivity index (χ1v) is 2.18. The van der Waals surface area contributed by atoms with Crippen LogP contribution in [0.25, 0.3) is 0 Å². The van der Waals surface area contributed by atoms with Gasteiger partial charge in [0.25, 0.3) is 0 Å². The Morgan fingerprint density at radius 1 is 2.00 bits per heavy atom. The van der Waals surface area contributed by atoms with Gasteiger partial charge in [-0.2, -0.15) is 4.39 Å². The fraction of sp³-hybridized carbons (Fsp3) is 0. The van der Waals surface area contributed by atoms with E-state index in [4.69, 9.17) is 0 Å². The highest BCUT2D eigenvalue weighted by molar-refractivity contribution is 9.11. The summed E-state index contributed by atoms with van der Waals surface area (Å²) in [5, 5.41) is -0.731. The maximum Gasteiger partial charge on any atom is 0.195 e. The zero-order chi connectivity index (χ0) is 4.28. The van der Waals surface area contributed by atoms with Crippen molar-refractivity contribution in [2.45, 2.75) is 0 Å². The predicted molar refractivity (Wildman–Crippen MR) is 24.0 cm³/mol. The molecule has 0 saturated carbocycles. The van der Waals surface area contributed by atoms with E-state index in [0.29, 0.717) is 0 Å². The second-order valence-electron chi connectivity index (χ2n) is 0.399. The Morgan fingerprint density at radius 3 is 2.20 bits per heavy atom. The summed E-state index contributed by atoms with van der Waals surface area (Å²) < 4.78 is 11.0. The van der Waals surface area contributed by atoms with Crippen LogP contribution in [0.2, 0.25) is 0 Å². The van der Waals surface area contributed by atoms with Crippen LogP contribution < -0.4 is 0 Å². The van der Waals surface area contributed by atoms with E-state index < -0.39 is 5.29 Å². The third-order valence-electron chi connectivity index (χ3n) is 0.0825. The molecule has 0 unspecified atom stereocenters. The van der Waals surface area contributed by atoms with Crippen molar-refractivity contribution in [3.05, 3.63) is 10.3 Å². The molecule has 3 heteroatoms. The van der Waals surface area contributed by atoms with Crippen molar-refractivity contribution in [3.8, 4) is 0 Å². The highest BCUT2D eigenvalue weighted by Crippen LogP contribution is 2.02. The summed E-state index contributed by atoms with van der Waals surface area (Å²) in [5.74, 6) is 0. The van der Waals surface area contributed by atoms with Crippen LogP contribution in [0.4, 0.5) is 4.39 Å². The molecule has 0 nitrogen and oxygen atoms in total. The van der Waals surface area contributed by atoms with Crippen molar-refractivity contribution in [2.24, 2.45) is 0 Å². The van der Waals surface area contributed by atoms with E-state index >= 15 is 0 Å². The van der Waals surface area contributed by atoms with Gasteiger partial charge in [-0.1, -0.05) is 27.5 Å². The lowest BCUT2D eigenvalue weighted by Gasteiger charge is -1.63. The normalized spacial score (nSPS) is 12.2. The molecule has 0 bridgehead atoms. The molecule has 30 valence electrons. The average Bonchev–Trinajstić information content (AvgIpc) is 1.38. The Kier molecular flexibility index (Phi) is 2.90. The minimum atomic E-state index is -0.731. The molecule has 0 N–H and O–H groups in total. The van der Waals surface area contributed by atoms with Crippen molar-refractivity contribution in [2.75, 3.05) is 0 Å². The maximum absolute atomic E-state index is 11.0. The van der Waals surface area contributed by atoms with Gasteiger partial charge in [0.1, 0.15) is 0 Å². The Balaban J connectivity index is 3.14. The van der Waals surface area contributed by atoms with Gasteiger partial charge in [0.2, 0.25) is 0 Å². The van der Waals surface area contributed by atoms with Crippen LogP contribution in [0.5, 0.6) is 0 Å². The van der Waals surface area contributed by atoms with Crippen LogP contribution in [0, 0.1) is 0 Å². The summed E-state index contributed by atoms with van der Waals surface area (Å²) in [6, 6.07) is 0. The van der Waals surface area contributed by atoms with Crippen LogP contribution in [0.15, 0.2) is 10.3 Å². The fourth-order valence-electron chi connectivity index (χ4n) is 0. The molecule has 0 amide bonds. The van der Waals surface area contributed by atoms with Gasteiger partial charge >= 0.3 is 0 Å². The van der Waals surface area contributed by atoms with Crippen LogP contribution in [0.3, 0.4) is 0 Å². The van der Waals surface area contributed by atoms with Crippen molar-refractivity contribution in [1.29, 1.82) is 0 Å². The van der Waals surface area contributed by atoms with Crippen molar-refractivity contribution >= 4 is 27.5 Å². The van der Waals surface area contributed by atoms with Gasteiger partial charge in [-0.3, -0.25) is 0 Å². The van der Waals surface area contributed by atoms with Crippen LogP contribution in [0.1, 0.15) is 0 Å². The molecule has 0 rings (SSSR count). The molecule has 0 heterocycles. The fourth-order valence-corrected chi connectivity index (χ4v) is 0. The first kappa shape index (κ1) is 5.44. The summed E-state index contributed by atoms with van der Waals surface area (Å²) in [4.78, 5) is 0.995. The van der Waals surface area contributed by atoms with Gasteiger partial charge in [0, 0.05) is 4.99 Å². The number of halogens is 3. The smallest absolute Gasteiger partial charge is 0.193 e. The topological polar surface area (TPSA) is 0 Å². The number of rotatable bonds is 0. The van der Waals surface area contributed by atoms with Crippen LogP contribution >= 0.6 is 27.5 Å². The molecule has 0 aromatic carbocycles. The zero-order valence-corrected chi connectivity index (χ0v) is 4.55. The summed E-state index contributed by atoms with van der Waals surface area (Å²) in [6.07, 6.45) is 0. The third-order valence-corrected chi connectivity index (χ3v) is 0.857. The second-order valence-corrected chi connectivity index (χ2v) is 1.22. The molecule has 0 spiro atoms. The standard InChI is InChI=1S/C2HBrClF/c3-1-2(4)5/h1H/b2-1-. The Hall–Kier alpha value is 0.440. The van der Waals surface area contributed by atoms with E-state index in [1.165, 1.54) is 0 Å². The van der Waals surface area contributed by atoms with Crippen molar-refractivity contribution < 1.29 is 4.39 Å². The Bertz CT molecular complexity index is 47.6. The van der Waals surface area contributed by atoms with E-state index in [0.717, 1.165) is 4.99 Å². The van der Waals surface area contributed by atoms with Gasteiger partial charge in [0.05, 0.1) is 0 Å². The maximum atomic E-state index is 11.0. The van der Waals surface area contributed by atoms with Gasteiger partial charge in [-0.15, -0.1) is 0 Å². The molecule has 0 aliphatic heterocycles. The molecule has 0 atom stereocenters. The van der Waals surface area contributed by atoms with Crippen LogP contribution in [-0.2, 0) is 0 Å². The van der Waals surface area contributed by atoms with Gasteiger partial charge in [-0.25, -0.2) is 0 Å². The minimum absolute atomic E-state index is 0.731. The summed E-state index contributed by atoms with van der Waals surface area (Å²) in [6.45, 7) is 0. The van der Waals surface area contributed by atoms with E-state index in [1.807, 2.05) is 0 Å². The minimum Gasteiger partial charge on any atom is -0.193 e. The van der Waals surface area contributed by atoms with E-state index in [9.17, 15) is 4.39 Å². The first-order chi connectivity index (χ1) is 2.27. The molecule has 5 heavy (non-hydrogen) atoms. The highest BCUT2D eigenvalue weighted by Gasteiger charge is 1.72. The lowest BCUT2D eigenvalue weighted by molar-refractivity contribution is 0.698. The molecule has 0 aromatic rings. The van der Waals surface area contributed by atoms with Crippen molar-refractivity contribution in [3.63, 3.8) is 0 Å². The molecular weight excluding hydrogens is 158 g/mol. The lowest BCUT2D eigenvalue weighted by Crippen LogP contribution is -1.36. The zero-order valence-electron chi connectivity index (χ0n) is 2.21. The van der Waals surface area contributed by atoms with E-state index in [1.54, 1.807) is 0 Å². The molecule has 0 aromatic heterocycles. The number of hydrogen-bond donors (Lipinski definition) is 0. The quantitative estimate of drug-likeness (QED) is 0.509. The lowest BCUT2D eigenvalue weighted by atomic mass is 11.2. The molecule has 0 aliphatic carbocycles. The summed E-state index contributed by atoms with van der Waals surface area (Å²) in [5.41, 5.74) is 0. The average molecular weight is 159 g/mol. The Morgan fingerprint density at radius 2 is 2.20 bits per heavy atom. The Labute approximate surface area is 42.8 Å². The van der Waals surface area contributed by atoms with E-state index in [2.05, 4.69) is 27.5 Å². The predicted octanol–water partition coefficient (Wildman–Crippen LogP) is 2.39.